The average Bonchev–Trinajstić information content (AvgIpc) is 2.43. The highest BCUT2D eigenvalue weighted by molar-refractivity contribution is 5.94. The van der Waals surface area contributed by atoms with Gasteiger partial charge in [-0.1, -0.05) is 30.4 Å². The van der Waals surface area contributed by atoms with E-state index >= 15 is 0 Å². The van der Waals surface area contributed by atoms with Crippen LogP contribution in [0, 0.1) is 0 Å². The molecule has 0 radical (unpaired) electrons. The molecule has 0 aliphatic rings. The minimum Gasteiger partial charge on any atom is -0.329 e. The number of amides is 2. The molecule has 0 heterocycles. The Kier molecular flexibility index (Phi) is 5.93. The van der Waals surface area contributed by atoms with Gasteiger partial charge in [0.15, 0.2) is 0 Å². The molecule has 0 atom stereocenters. The van der Waals surface area contributed by atoms with Crippen LogP contribution in [0.15, 0.2) is 54.8 Å². The Bertz CT molecular complexity index is 453. The Labute approximate surface area is 105 Å². The van der Waals surface area contributed by atoms with Gasteiger partial charge in [0.2, 0.25) is 5.91 Å². The second-order valence-corrected chi connectivity index (χ2v) is 3.37. The van der Waals surface area contributed by atoms with E-state index in [2.05, 4.69) is 5.32 Å². The first-order valence-electron chi connectivity index (χ1n) is 5.34. The van der Waals surface area contributed by atoms with Crippen molar-refractivity contribution in [1.29, 1.82) is 0 Å². The first-order valence-corrected chi connectivity index (χ1v) is 5.34. The third-order valence-electron chi connectivity index (χ3n) is 2.02. The van der Waals surface area contributed by atoms with Crippen molar-refractivity contribution in [3.05, 3.63) is 60.3 Å². The fourth-order valence-electron chi connectivity index (χ4n) is 1.15. The quantitative estimate of drug-likeness (QED) is 0.417. The number of carbonyl (C=O) groups is 2. The molecule has 0 saturated heterocycles. The first kappa shape index (κ1) is 13.7. The highest BCUT2D eigenvalue weighted by Crippen LogP contribution is 1.97. The fourth-order valence-corrected chi connectivity index (χ4v) is 1.15. The third kappa shape index (κ3) is 5.09. The molecule has 18 heavy (non-hydrogen) atoms. The number of rotatable bonds is 5. The van der Waals surface area contributed by atoms with Crippen molar-refractivity contribution in [2.24, 2.45) is 0 Å². The van der Waals surface area contributed by atoms with Gasteiger partial charge < -0.3 is 5.32 Å². The monoisotopic (exact) mass is 246 g/mol. The van der Waals surface area contributed by atoms with Gasteiger partial charge in [0.05, 0.1) is 0 Å². The molecular formula is C13H14N2O3. The van der Waals surface area contributed by atoms with E-state index in [1.807, 2.05) is 6.07 Å². The van der Waals surface area contributed by atoms with Gasteiger partial charge in [0.1, 0.15) is 0 Å². The van der Waals surface area contributed by atoms with E-state index in [0.29, 0.717) is 5.56 Å². The predicted octanol–water partition coefficient (Wildman–Crippen LogP) is 1.38. The molecule has 1 aromatic rings. The SMILES string of the molecule is O=C(CC=CC=CNC(=O)c1ccccc1)NO. The van der Waals surface area contributed by atoms with Crippen molar-refractivity contribution in [3.8, 4) is 0 Å². The summed E-state index contributed by atoms with van der Waals surface area (Å²) in [4.78, 5) is 22.2. The Morgan fingerprint density at radius 2 is 1.89 bits per heavy atom. The first-order chi connectivity index (χ1) is 8.74. The van der Waals surface area contributed by atoms with Crippen LogP contribution in [0.3, 0.4) is 0 Å². The van der Waals surface area contributed by atoms with Crippen LogP contribution in [0.4, 0.5) is 0 Å². The van der Waals surface area contributed by atoms with Gasteiger partial charge >= 0.3 is 0 Å². The maximum Gasteiger partial charge on any atom is 0.255 e. The number of benzene rings is 1. The molecule has 0 aromatic heterocycles. The second kappa shape index (κ2) is 7.81. The van der Waals surface area contributed by atoms with Crippen LogP contribution >= 0.6 is 0 Å². The smallest absolute Gasteiger partial charge is 0.255 e. The summed E-state index contributed by atoms with van der Waals surface area (Å²) in [5, 5.41) is 10.8. The molecule has 0 aliphatic heterocycles. The summed E-state index contributed by atoms with van der Waals surface area (Å²) in [6.07, 6.45) is 6.29. The summed E-state index contributed by atoms with van der Waals surface area (Å²) < 4.78 is 0. The van der Waals surface area contributed by atoms with Gasteiger partial charge in [-0.15, -0.1) is 0 Å². The molecule has 3 N–H and O–H groups in total. The van der Waals surface area contributed by atoms with Crippen molar-refractivity contribution < 1.29 is 14.8 Å². The molecule has 0 unspecified atom stereocenters. The van der Waals surface area contributed by atoms with Gasteiger partial charge in [0.25, 0.3) is 5.91 Å². The van der Waals surface area contributed by atoms with Gasteiger partial charge in [-0.05, 0) is 18.2 Å². The van der Waals surface area contributed by atoms with Crippen LogP contribution in [0.25, 0.3) is 0 Å². The number of hydrogen-bond acceptors (Lipinski definition) is 3. The maximum atomic E-state index is 11.5. The van der Waals surface area contributed by atoms with Crippen LogP contribution in [-0.2, 0) is 4.79 Å². The number of nitrogens with one attached hydrogen (secondary N) is 2. The van der Waals surface area contributed by atoms with Crippen molar-refractivity contribution >= 4 is 11.8 Å². The van der Waals surface area contributed by atoms with E-state index in [0.717, 1.165) is 0 Å². The molecule has 0 saturated carbocycles. The average molecular weight is 246 g/mol. The molecule has 94 valence electrons. The van der Waals surface area contributed by atoms with Crippen LogP contribution in [0.2, 0.25) is 0 Å². The molecule has 2 amide bonds. The molecular weight excluding hydrogens is 232 g/mol. The van der Waals surface area contributed by atoms with Crippen LogP contribution in [-0.4, -0.2) is 17.0 Å². The standard InChI is InChI=1S/C13H14N2O3/c16-12(15-18)9-5-2-6-10-14-13(17)11-7-3-1-4-8-11/h1-8,10,18H,9H2,(H,14,17)(H,15,16). The van der Waals surface area contributed by atoms with E-state index in [-0.39, 0.29) is 12.3 Å². The molecule has 5 heteroatoms. The van der Waals surface area contributed by atoms with Crippen molar-refractivity contribution in [2.45, 2.75) is 6.42 Å². The maximum absolute atomic E-state index is 11.5. The summed E-state index contributed by atoms with van der Waals surface area (Å²) in [5.41, 5.74) is 2.09. The summed E-state index contributed by atoms with van der Waals surface area (Å²) in [5.74, 6) is -0.693. The van der Waals surface area contributed by atoms with E-state index < -0.39 is 5.91 Å². The van der Waals surface area contributed by atoms with Crippen molar-refractivity contribution in [3.63, 3.8) is 0 Å². The molecule has 0 aliphatic carbocycles. The Hall–Kier alpha value is -2.40. The molecule has 1 aromatic carbocycles. The van der Waals surface area contributed by atoms with Crippen molar-refractivity contribution in [2.75, 3.05) is 0 Å². The third-order valence-corrected chi connectivity index (χ3v) is 2.02. The minimum absolute atomic E-state index is 0.0769. The number of hydrogen-bond donors (Lipinski definition) is 3. The molecule has 0 bridgehead atoms. The van der Waals surface area contributed by atoms with E-state index in [4.69, 9.17) is 5.21 Å². The number of carbonyl (C=O) groups excluding carboxylic acids is 2. The zero-order valence-corrected chi connectivity index (χ0v) is 9.67. The zero-order chi connectivity index (χ0) is 13.2. The summed E-state index contributed by atoms with van der Waals surface area (Å²) in [6.45, 7) is 0. The topological polar surface area (TPSA) is 78.4 Å². The molecule has 0 fully saturated rings. The van der Waals surface area contributed by atoms with E-state index in [9.17, 15) is 9.59 Å². The highest BCUT2D eigenvalue weighted by Gasteiger charge is 1.99. The Balaban J connectivity index is 2.33. The van der Waals surface area contributed by atoms with E-state index in [1.54, 1.807) is 42.5 Å². The minimum atomic E-state index is -0.493. The van der Waals surface area contributed by atoms with E-state index in [1.165, 1.54) is 11.7 Å². The van der Waals surface area contributed by atoms with Gasteiger partial charge in [-0.3, -0.25) is 14.8 Å². The van der Waals surface area contributed by atoms with Crippen LogP contribution in [0.1, 0.15) is 16.8 Å². The van der Waals surface area contributed by atoms with Crippen LogP contribution < -0.4 is 10.8 Å². The van der Waals surface area contributed by atoms with Crippen LogP contribution in [0.5, 0.6) is 0 Å². The lowest BCUT2D eigenvalue weighted by molar-refractivity contribution is -0.128. The second-order valence-electron chi connectivity index (χ2n) is 3.37. The summed E-state index contributed by atoms with van der Waals surface area (Å²) in [7, 11) is 0. The van der Waals surface area contributed by atoms with Gasteiger partial charge in [-0.25, -0.2) is 5.48 Å². The van der Waals surface area contributed by atoms with Gasteiger partial charge in [-0.2, -0.15) is 0 Å². The summed E-state index contributed by atoms with van der Waals surface area (Å²) >= 11 is 0. The predicted molar refractivity (Wildman–Crippen MR) is 66.7 cm³/mol. The lowest BCUT2D eigenvalue weighted by atomic mass is 10.2. The Morgan fingerprint density at radius 3 is 2.56 bits per heavy atom. The zero-order valence-electron chi connectivity index (χ0n) is 9.67. The molecule has 5 nitrogen and oxygen atoms in total. The normalized spacial score (nSPS) is 10.7. The van der Waals surface area contributed by atoms with Gasteiger partial charge in [0, 0.05) is 18.2 Å². The lowest BCUT2D eigenvalue weighted by Gasteiger charge is -1.98. The number of allylic oxidation sites excluding steroid dienone is 2. The highest BCUT2D eigenvalue weighted by atomic mass is 16.5. The lowest BCUT2D eigenvalue weighted by Crippen LogP contribution is -2.17. The number of hydroxylamine groups is 1. The fraction of sp³-hybridized carbons (Fsp3) is 0.0769. The largest absolute Gasteiger partial charge is 0.329 e. The summed E-state index contributed by atoms with van der Waals surface area (Å²) in [6, 6.07) is 8.83. The molecule has 1 rings (SSSR count). The molecule has 0 spiro atoms. The Morgan fingerprint density at radius 1 is 1.17 bits per heavy atom. The van der Waals surface area contributed by atoms with Crippen molar-refractivity contribution in [1.82, 2.24) is 10.8 Å².